The molecule has 36 heavy (non-hydrogen) atoms. The molecule has 1 unspecified atom stereocenters. The lowest BCUT2D eigenvalue weighted by molar-refractivity contribution is -0.131. The van der Waals surface area contributed by atoms with Crippen molar-refractivity contribution in [1.82, 2.24) is 9.80 Å². The van der Waals surface area contributed by atoms with Crippen molar-refractivity contribution in [2.75, 3.05) is 44.7 Å². The van der Waals surface area contributed by atoms with Gasteiger partial charge in [-0.2, -0.15) is 5.26 Å². The van der Waals surface area contributed by atoms with Crippen LogP contribution in [0.2, 0.25) is 10.0 Å². The molecule has 1 aliphatic heterocycles. The average Bonchev–Trinajstić information content (AvgIpc) is 3.42. The standard InChI is InChI=1S/C29H30Cl2N4O/c1-33(29(36)21-35(18-15-32)25-13-14-26(30)27(31)19-25)28(20-34-16-5-6-17-34)24-11-9-23(10-12-24)22-7-3-2-4-8-22/h2-4,7-14,19,28H,5-6,16-18,20-21H2,1H3. The Bertz CT molecular complexity index is 1200. The van der Waals surface area contributed by atoms with Crippen LogP contribution in [-0.4, -0.2) is 55.5 Å². The van der Waals surface area contributed by atoms with Gasteiger partial charge in [0.2, 0.25) is 5.91 Å². The molecule has 0 bridgehead atoms. The highest BCUT2D eigenvalue weighted by molar-refractivity contribution is 6.42. The molecule has 1 aliphatic rings. The van der Waals surface area contributed by atoms with Gasteiger partial charge in [-0.25, -0.2) is 0 Å². The van der Waals surface area contributed by atoms with Gasteiger partial charge in [-0.15, -0.1) is 0 Å². The van der Waals surface area contributed by atoms with E-state index in [-0.39, 0.29) is 25.0 Å². The van der Waals surface area contributed by atoms with Gasteiger partial charge in [-0.05, 0) is 60.8 Å². The maximum absolute atomic E-state index is 13.5. The predicted octanol–water partition coefficient (Wildman–Crippen LogP) is 6.29. The van der Waals surface area contributed by atoms with Crippen LogP contribution in [0, 0.1) is 11.3 Å². The average molecular weight is 521 g/mol. The van der Waals surface area contributed by atoms with E-state index < -0.39 is 0 Å². The maximum Gasteiger partial charge on any atom is 0.242 e. The molecule has 0 N–H and O–H groups in total. The van der Waals surface area contributed by atoms with E-state index in [1.807, 2.05) is 30.1 Å². The topological polar surface area (TPSA) is 50.6 Å². The smallest absolute Gasteiger partial charge is 0.242 e. The number of nitriles is 1. The number of amides is 1. The Balaban J connectivity index is 1.56. The molecule has 0 spiro atoms. The highest BCUT2D eigenvalue weighted by Gasteiger charge is 2.27. The number of hydrogen-bond donors (Lipinski definition) is 0. The Labute approximate surface area is 223 Å². The molecule has 5 nitrogen and oxygen atoms in total. The predicted molar refractivity (Wildman–Crippen MR) is 147 cm³/mol. The number of nitrogens with zero attached hydrogens (tertiary/aromatic N) is 4. The van der Waals surface area contributed by atoms with Crippen molar-refractivity contribution < 1.29 is 4.79 Å². The number of carbonyl (C=O) groups excluding carboxylic acids is 1. The van der Waals surface area contributed by atoms with Gasteiger partial charge in [-0.1, -0.05) is 77.8 Å². The zero-order chi connectivity index (χ0) is 25.5. The van der Waals surface area contributed by atoms with Crippen LogP contribution >= 0.6 is 23.2 Å². The monoisotopic (exact) mass is 520 g/mol. The van der Waals surface area contributed by atoms with Crippen LogP contribution in [-0.2, 0) is 4.79 Å². The molecule has 0 saturated carbocycles. The molecule has 1 saturated heterocycles. The van der Waals surface area contributed by atoms with Gasteiger partial charge >= 0.3 is 0 Å². The summed E-state index contributed by atoms with van der Waals surface area (Å²) in [5, 5.41) is 10.2. The number of rotatable bonds is 9. The van der Waals surface area contributed by atoms with Crippen molar-refractivity contribution in [1.29, 1.82) is 5.26 Å². The van der Waals surface area contributed by atoms with Gasteiger partial charge in [0.25, 0.3) is 0 Å². The van der Waals surface area contributed by atoms with E-state index in [0.29, 0.717) is 15.7 Å². The first-order chi connectivity index (χ1) is 17.5. The summed E-state index contributed by atoms with van der Waals surface area (Å²) in [6.07, 6.45) is 2.37. The first-order valence-corrected chi connectivity index (χ1v) is 12.9. The zero-order valence-electron chi connectivity index (χ0n) is 20.4. The Morgan fingerprint density at radius 2 is 1.64 bits per heavy atom. The van der Waals surface area contributed by atoms with Crippen molar-refractivity contribution in [2.24, 2.45) is 0 Å². The highest BCUT2D eigenvalue weighted by atomic mass is 35.5. The molecule has 7 heteroatoms. The van der Waals surface area contributed by atoms with E-state index >= 15 is 0 Å². The molecule has 3 aromatic rings. The number of halogens is 2. The molecular formula is C29H30Cl2N4O. The first kappa shape index (κ1) is 26.0. The minimum atomic E-state index is -0.0989. The molecule has 186 valence electrons. The molecule has 0 aromatic heterocycles. The van der Waals surface area contributed by atoms with Crippen LogP contribution < -0.4 is 4.90 Å². The number of carbonyl (C=O) groups is 1. The van der Waals surface area contributed by atoms with Gasteiger partial charge in [0, 0.05) is 19.3 Å². The molecule has 1 heterocycles. The SMILES string of the molecule is CN(C(=O)CN(CC#N)c1ccc(Cl)c(Cl)c1)C(CN1CCCC1)c1ccc(-c2ccccc2)cc1. The van der Waals surface area contributed by atoms with Crippen molar-refractivity contribution in [3.63, 3.8) is 0 Å². The lowest BCUT2D eigenvalue weighted by Gasteiger charge is -2.34. The fourth-order valence-electron chi connectivity index (χ4n) is 4.64. The summed E-state index contributed by atoms with van der Waals surface area (Å²) in [5.74, 6) is -0.0624. The Morgan fingerprint density at radius 3 is 2.28 bits per heavy atom. The first-order valence-electron chi connectivity index (χ1n) is 12.2. The number of likely N-dealkylation sites (N-methyl/N-ethyl adjacent to an activating group) is 1. The second kappa shape index (κ2) is 12.3. The Morgan fingerprint density at radius 1 is 0.972 bits per heavy atom. The summed E-state index contributed by atoms with van der Waals surface area (Å²) in [6.45, 7) is 3.01. The molecule has 1 amide bonds. The number of hydrogen-bond acceptors (Lipinski definition) is 4. The van der Waals surface area contributed by atoms with Gasteiger partial charge in [0.05, 0.1) is 28.7 Å². The van der Waals surface area contributed by atoms with Crippen molar-refractivity contribution in [2.45, 2.75) is 18.9 Å². The van der Waals surface area contributed by atoms with E-state index in [4.69, 9.17) is 23.2 Å². The van der Waals surface area contributed by atoms with Crippen molar-refractivity contribution in [3.8, 4) is 17.2 Å². The zero-order valence-corrected chi connectivity index (χ0v) is 21.9. The van der Waals surface area contributed by atoms with Crippen LogP contribution in [0.4, 0.5) is 5.69 Å². The van der Waals surface area contributed by atoms with Gasteiger partial charge in [0.1, 0.15) is 6.54 Å². The van der Waals surface area contributed by atoms with E-state index in [1.165, 1.54) is 18.4 Å². The van der Waals surface area contributed by atoms with E-state index in [1.54, 1.807) is 23.1 Å². The molecule has 0 aliphatic carbocycles. The summed E-state index contributed by atoms with van der Waals surface area (Å²) in [5.41, 5.74) is 4.10. The normalized spacial score (nSPS) is 14.3. The molecule has 1 fully saturated rings. The minimum absolute atomic E-state index is 0.0624. The third-order valence-corrected chi connectivity index (χ3v) is 7.49. The molecule has 4 rings (SSSR count). The number of anilines is 1. The number of benzene rings is 3. The summed E-state index contributed by atoms with van der Waals surface area (Å²) in [6, 6.07) is 26.0. The van der Waals surface area contributed by atoms with E-state index in [2.05, 4.69) is 47.4 Å². The van der Waals surface area contributed by atoms with E-state index in [0.717, 1.165) is 30.8 Å². The van der Waals surface area contributed by atoms with Gasteiger partial charge in [0.15, 0.2) is 0 Å². The minimum Gasteiger partial charge on any atom is -0.349 e. The summed E-state index contributed by atoms with van der Waals surface area (Å²) >= 11 is 12.3. The Hall–Kier alpha value is -3.04. The van der Waals surface area contributed by atoms with Crippen molar-refractivity contribution in [3.05, 3.63) is 88.4 Å². The fourth-order valence-corrected chi connectivity index (χ4v) is 4.94. The van der Waals surface area contributed by atoms with Crippen LogP contribution in [0.25, 0.3) is 11.1 Å². The summed E-state index contributed by atoms with van der Waals surface area (Å²) in [7, 11) is 1.85. The summed E-state index contributed by atoms with van der Waals surface area (Å²) < 4.78 is 0. The fraction of sp³-hybridized carbons (Fsp3) is 0.310. The number of likely N-dealkylation sites (tertiary alicyclic amines) is 1. The molecule has 3 aromatic carbocycles. The quantitative estimate of drug-likeness (QED) is 0.311. The Kier molecular flexibility index (Phi) is 8.88. The molecule has 0 radical (unpaired) electrons. The van der Waals surface area contributed by atoms with Crippen molar-refractivity contribution >= 4 is 34.8 Å². The van der Waals surface area contributed by atoms with Gasteiger partial charge in [-0.3, -0.25) is 4.79 Å². The van der Waals surface area contributed by atoms with Crippen LogP contribution in [0.15, 0.2) is 72.8 Å². The second-order valence-corrected chi connectivity index (χ2v) is 9.94. The maximum atomic E-state index is 13.5. The highest BCUT2D eigenvalue weighted by Crippen LogP contribution is 2.29. The second-order valence-electron chi connectivity index (χ2n) is 9.13. The molecular weight excluding hydrogens is 491 g/mol. The van der Waals surface area contributed by atoms with Crippen LogP contribution in [0.3, 0.4) is 0 Å². The lowest BCUT2D eigenvalue weighted by Crippen LogP contribution is -2.43. The lowest BCUT2D eigenvalue weighted by atomic mass is 9.99. The van der Waals surface area contributed by atoms with Crippen LogP contribution in [0.5, 0.6) is 0 Å². The third kappa shape index (κ3) is 6.39. The summed E-state index contributed by atoms with van der Waals surface area (Å²) in [4.78, 5) is 19.5. The molecule has 1 atom stereocenters. The van der Waals surface area contributed by atoms with Gasteiger partial charge < -0.3 is 14.7 Å². The van der Waals surface area contributed by atoms with Crippen LogP contribution in [0.1, 0.15) is 24.4 Å². The van der Waals surface area contributed by atoms with E-state index in [9.17, 15) is 10.1 Å². The third-order valence-electron chi connectivity index (χ3n) is 6.75. The largest absolute Gasteiger partial charge is 0.349 e.